The summed E-state index contributed by atoms with van der Waals surface area (Å²) < 4.78 is 7.28. The second kappa shape index (κ2) is 7.72. The lowest BCUT2D eigenvalue weighted by atomic mass is 10.2. The summed E-state index contributed by atoms with van der Waals surface area (Å²) >= 11 is 1.52. The first kappa shape index (κ1) is 17.4. The standard InChI is InChI=1S/C17H18N6O3S/c24-16-8-22(7-15(16)23-5-4-19-21-23)17(25)20-12-2-1-3-14(6-12)26-9-13-10-27-11-18-13/h1-6,10-11,15-16,24H,7-9H2,(H,20,25)/t15-,16-/m1/s1. The number of carbonyl (C=O) groups is 1. The van der Waals surface area contributed by atoms with Gasteiger partial charge in [0.2, 0.25) is 0 Å². The zero-order chi connectivity index (χ0) is 18.6. The van der Waals surface area contributed by atoms with E-state index in [1.54, 1.807) is 39.6 Å². The molecule has 1 aliphatic rings. The van der Waals surface area contributed by atoms with Crippen molar-refractivity contribution in [2.24, 2.45) is 0 Å². The molecule has 3 aromatic rings. The van der Waals surface area contributed by atoms with Crippen LogP contribution in [0.5, 0.6) is 5.75 Å². The number of carbonyl (C=O) groups excluding carboxylic acids is 1. The Morgan fingerprint density at radius 2 is 2.33 bits per heavy atom. The lowest BCUT2D eigenvalue weighted by Gasteiger charge is -2.17. The number of nitrogens with zero attached hydrogens (tertiary/aromatic N) is 5. The van der Waals surface area contributed by atoms with Gasteiger partial charge in [0.05, 0.1) is 36.1 Å². The van der Waals surface area contributed by atoms with Gasteiger partial charge in [-0.05, 0) is 12.1 Å². The molecule has 0 unspecified atom stereocenters. The molecule has 140 valence electrons. The minimum atomic E-state index is -0.690. The van der Waals surface area contributed by atoms with Crippen molar-refractivity contribution in [1.82, 2.24) is 24.9 Å². The Bertz CT molecular complexity index is 886. The third-order valence-corrected chi connectivity index (χ3v) is 4.92. The fourth-order valence-corrected chi connectivity index (χ4v) is 3.46. The van der Waals surface area contributed by atoms with Crippen molar-refractivity contribution in [3.05, 3.63) is 53.2 Å². The molecule has 2 amide bonds. The molecule has 1 aliphatic heterocycles. The molecule has 3 heterocycles. The first-order valence-electron chi connectivity index (χ1n) is 8.39. The van der Waals surface area contributed by atoms with Crippen molar-refractivity contribution < 1.29 is 14.6 Å². The Morgan fingerprint density at radius 3 is 3.11 bits per heavy atom. The Hall–Kier alpha value is -2.98. The number of β-amino-alcohol motifs (C(OH)–C–C–N with tert-alkyl or cyclic N) is 1. The van der Waals surface area contributed by atoms with Crippen LogP contribution in [0.4, 0.5) is 10.5 Å². The van der Waals surface area contributed by atoms with Crippen molar-refractivity contribution in [1.29, 1.82) is 0 Å². The second-order valence-electron chi connectivity index (χ2n) is 6.15. The van der Waals surface area contributed by atoms with E-state index in [1.165, 1.54) is 11.3 Å². The number of urea groups is 1. The Balaban J connectivity index is 1.36. The highest BCUT2D eigenvalue weighted by atomic mass is 32.1. The molecule has 1 fully saturated rings. The quantitative estimate of drug-likeness (QED) is 0.692. The van der Waals surface area contributed by atoms with E-state index in [4.69, 9.17) is 4.74 Å². The van der Waals surface area contributed by atoms with E-state index in [0.717, 1.165) is 5.69 Å². The first-order valence-corrected chi connectivity index (χ1v) is 9.33. The zero-order valence-electron chi connectivity index (χ0n) is 14.3. The van der Waals surface area contributed by atoms with Crippen LogP contribution in [0.15, 0.2) is 47.5 Å². The third-order valence-electron chi connectivity index (χ3n) is 4.28. The van der Waals surface area contributed by atoms with Crippen molar-refractivity contribution in [2.75, 3.05) is 18.4 Å². The van der Waals surface area contributed by atoms with Gasteiger partial charge in [0.1, 0.15) is 12.4 Å². The van der Waals surface area contributed by atoms with Gasteiger partial charge in [0.25, 0.3) is 0 Å². The smallest absolute Gasteiger partial charge is 0.322 e. The molecule has 27 heavy (non-hydrogen) atoms. The number of aromatic nitrogens is 4. The van der Waals surface area contributed by atoms with E-state index in [2.05, 4.69) is 20.6 Å². The minimum Gasteiger partial charge on any atom is -0.487 e. The summed E-state index contributed by atoms with van der Waals surface area (Å²) in [6, 6.07) is 6.59. The summed E-state index contributed by atoms with van der Waals surface area (Å²) in [5.41, 5.74) is 3.24. The first-order chi connectivity index (χ1) is 13.2. The lowest BCUT2D eigenvalue weighted by Crippen LogP contribution is -2.33. The third kappa shape index (κ3) is 4.07. The summed E-state index contributed by atoms with van der Waals surface area (Å²) in [5, 5.41) is 22.6. The van der Waals surface area contributed by atoms with Crippen molar-refractivity contribution in [3.8, 4) is 5.75 Å². The van der Waals surface area contributed by atoms with Gasteiger partial charge in [-0.25, -0.2) is 14.5 Å². The number of likely N-dealkylation sites (tertiary alicyclic amines) is 1. The SMILES string of the molecule is O=C(Nc1cccc(OCc2cscn2)c1)N1C[C@@H](O)[C@H](n2ccnn2)C1. The van der Waals surface area contributed by atoms with Crippen LogP contribution in [0, 0.1) is 0 Å². The predicted molar refractivity (Wildman–Crippen MR) is 98.5 cm³/mol. The number of benzene rings is 1. The number of aliphatic hydroxyl groups is 1. The number of aliphatic hydroxyl groups excluding tert-OH is 1. The van der Waals surface area contributed by atoms with E-state index in [-0.39, 0.29) is 18.6 Å². The number of thiazole rings is 1. The van der Waals surface area contributed by atoms with Gasteiger partial charge in [-0.2, -0.15) is 0 Å². The van der Waals surface area contributed by atoms with E-state index in [9.17, 15) is 9.90 Å². The fourth-order valence-electron chi connectivity index (χ4n) is 2.92. The fraction of sp³-hybridized carbons (Fsp3) is 0.294. The normalized spacial score (nSPS) is 19.2. The molecule has 9 nitrogen and oxygen atoms in total. The van der Waals surface area contributed by atoms with Crippen LogP contribution < -0.4 is 10.1 Å². The van der Waals surface area contributed by atoms with Crippen LogP contribution in [0.25, 0.3) is 0 Å². The van der Waals surface area contributed by atoms with Crippen LogP contribution in [-0.4, -0.2) is 55.2 Å². The molecule has 1 saturated heterocycles. The second-order valence-corrected chi connectivity index (χ2v) is 6.87. The molecular formula is C17H18N6O3S. The summed E-state index contributed by atoms with van der Waals surface area (Å²) in [6.45, 7) is 0.964. The van der Waals surface area contributed by atoms with E-state index in [0.29, 0.717) is 24.6 Å². The van der Waals surface area contributed by atoms with Gasteiger partial charge in [-0.15, -0.1) is 16.4 Å². The maximum Gasteiger partial charge on any atom is 0.322 e. The van der Waals surface area contributed by atoms with Gasteiger partial charge in [-0.3, -0.25) is 0 Å². The highest BCUT2D eigenvalue weighted by Crippen LogP contribution is 2.23. The average Bonchev–Trinajstić information content (AvgIpc) is 3.42. The van der Waals surface area contributed by atoms with Gasteiger partial charge in [-0.1, -0.05) is 11.3 Å². The molecular weight excluding hydrogens is 368 g/mol. The summed E-state index contributed by atoms with van der Waals surface area (Å²) in [5.74, 6) is 0.641. The molecule has 4 rings (SSSR count). The molecule has 0 radical (unpaired) electrons. The number of amides is 2. The summed E-state index contributed by atoms with van der Waals surface area (Å²) in [4.78, 5) is 18.3. The van der Waals surface area contributed by atoms with Crippen molar-refractivity contribution in [2.45, 2.75) is 18.8 Å². The summed E-state index contributed by atoms with van der Waals surface area (Å²) in [6.07, 6.45) is 2.54. The van der Waals surface area contributed by atoms with Crippen molar-refractivity contribution in [3.63, 3.8) is 0 Å². The monoisotopic (exact) mass is 386 g/mol. The molecule has 0 saturated carbocycles. The Morgan fingerprint density at radius 1 is 1.41 bits per heavy atom. The van der Waals surface area contributed by atoms with E-state index >= 15 is 0 Å². The van der Waals surface area contributed by atoms with E-state index < -0.39 is 6.10 Å². The average molecular weight is 386 g/mol. The maximum atomic E-state index is 12.5. The number of ether oxygens (including phenoxy) is 1. The maximum absolute atomic E-state index is 12.5. The zero-order valence-corrected chi connectivity index (χ0v) is 15.1. The molecule has 2 aromatic heterocycles. The molecule has 0 spiro atoms. The van der Waals surface area contributed by atoms with Gasteiger partial charge < -0.3 is 20.1 Å². The number of hydrogen-bond donors (Lipinski definition) is 2. The van der Waals surface area contributed by atoms with Gasteiger partial charge >= 0.3 is 6.03 Å². The van der Waals surface area contributed by atoms with Crippen molar-refractivity contribution >= 4 is 23.1 Å². The van der Waals surface area contributed by atoms with Crippen LogP contribution in [0.2, 0.25) is 0 Å². The Kier molecular flexibility index (Phi) is 4.99. The number of hydrogen-bond acceptors (Lipinski definition) is 7. The van der Waals surface area contributed by atoms with Crippen LogP contribution in [0.1, 0.15) is 11.7 Å². The molecule has 0 bridgehead atoms. The molecule has 2 N–H and O–H groups in total. The van der Waals surface area contributed by atoms with Gasteiger partial charge in [0, 0.05) is 29.9 Å². The molecule has 10 heteroatoms. The minimum absolute atomic E-state index is 0.233. The van der Waals surface area contributed by atoms with Crippen LogP contribution in [0.3, 0.4) is 0 Å². The predicted octanol–water partition coefficient (Wildman–Crippen LogP) is 1.76. The van der Waals surface area contributed by atoms with Crippen LogP contribution in [-0.2, 0) is 6.61 Å². The molecule has 1 aromatic carbocycles. The van der Waals surface area contributed by atoms with Crippen LogP contribution >= 0.6 is 11.3 Å². The number of anilines is 1. The van der Waals surface area contributed by atoms with Gasteiger partial charge in [0.15, 0.2) is 0 Å². The number of nitrogens with one attached hydrogen (secondary N) is 1. The summed E-state index contributed by atoms with van der Waals surface area (Å²) in [7, 11) is 0. The van der Waals surface area contributed by atoms with E-state index in [1.807, 2.05) is 17.5 Å². The molecule has 2 atom stereocenters. The topological polar surface area (TPSA) is 105 Å². The Labute approximate surface area is 159 Å². The number of rotatable bonds is 5. The highest BCUT2D eigenvalue weighted by molar-refractivity contribution is 7.07. The lowest BCUT2D eigenvalue weighted by molar-refractivity contribution is 0.139. The highest BCUT2D eigenvalue weighted by Gasteiger charge is 2.35. The molecule has 0 aliphatic carbocycles. The largest absolute Gasteiger partial charge is 0.487 e.